The number of para-hydroxylation sites is 1. The van der Waals surface area contributed by atoms with Crippen molar-refractivity contribution in [3.8, 4) is 67.5 Å². The van der Waals surface area contributed by atoms with Gasteiger partial charge in [0.15, 0.2) is 17.5 Å². The Bertz CT molecular complexity index is 3710. The molecule has 0 saturated heterocycles. The smallest absolute Gasteiger partial charge is 0.164 e. The number of fused-ring (bicyclic) bond motifs is 6. The van der Waals surface area contributed by atoms with Crippen LogP contribution in [0.25, 0.3) is 111 Å². The van der Waals surface area contributed by atoms with Crippen molar-refractivity contribution < 1.29 is 8.81 Å². The number of halogens is 1. The second-order valence-electron chi connectivity index (χ2n) is 19.2. The van der Waals surface area contributed by atoms with Crippen molar-refractivity contribution in [1.29, 1.82) is 0 Å². The van der Waals surface area contributed by atoms with E-state index in [4.69, 9.17) is 19.4 Å². The van der Waals surface area contributed by atoms with Gasteiger partial charge in [0.1, 0.15) is 17.0 Å². The molecule has 5 heteroatoms. The van der Waals surface area contributed by atoms with E-state index in [2.05, 4.69) is 155 Å². The number of furan rings is 1. The lowest BCUT2D eigenvalue weighted by Gasteiger charge is -2.42. The molecule has 0 spiro atoms. The summed E-state index contributed by atoms with van der Waals surface area (Å²) in [5, 5.41) is 6.59. The molecule has 0 amide bonds. The third-order valence-corrected chi connectivity index (χ3v) is 14.1. The molecule has 2 aromatic heterocycles. The molecule has 12 rings (SSSR count). The van der Waals surface area contributed by atoms with Gasteiger partial charge in [0, 0.05) is 33.0 Å². The Labute approximate surface area is 383 Å². The minimum Gasteiger partial charge on any atom is -0.455 e. The van der Waals surface area contributed by atoms with Gasteiger partial charge in [-0.25, -0.2) is 19.3 Å². The van der Waals surface area contributed by atoms with E-state index in [1.54, 1.807) is 12.1 Å². The number of nitrogens with zero attached hydrogens (tertiary/aromatic N) is 3. The molecule has 0 bridgehead atoms. The highest BCUT2D eigenvalue weighted by molar-refractivity contribution is 6.13. The molecule has 11 aromatic rings. The van der Waals surface area contributed by atoms with E-state index in [-0.39, 0.29) is 16.6 Å². The van der Waals surface area contributed by atoms with Crippen molar-refractivity contribution in [1.82, 2.24) is 15.0 Å². The standard InChI is InChI=1S/C61H46FN3O/c1-60(2)31-32-61(3,4)54-36-42(25-30-53(54)60)51-34-44(35-52-49-15-9-10-16-55(49)66-56(51)52)46-28-29-50(48-14-8-7-13-47(46)48)59-64-57(40-20-17-38(18-21-40)39-23-26-45(62)27-24-39)63-58(65-59)43-22-19-37-11-5-6-12-41(37)33-43/h5-30,33-36H,31-32H2,1-4H3. The molecule has 318 valence electrons. The maximum absolute atomic E-state index is 13.8. The van der Waals surface area contributed by atoms with E-state index >= 15 is 0 Å². The van der Waals surface area contributed by atoms with E-state index in [1.807, 2.05) is 30.3 Å². The van der Waals surface area contributed by atoms with Crippen molar-refractivity contribution in [2.24, 2.45) is 0 Å². The summed E-state index contributed by atoms with van der Waals surface area (Å²) in [4.78, 5) is 15.6. The quantitative estimate of drug-likeness (QED) is 0.167. The van der Waals surface area contributed by atoms with Gasteiger partial charge in [-0.05, 0) is 127 Å². The lowest BCUT2D eigenvalue weighted by atomic mass is 9.63. The predicted octanol–water partition coefficient (Wildman–Crippen LogP) is 16.6. The molecule has 0 radical (unpaired) electrons. The van der Waals surface area contributed by atoms with Crippen LogP contribution in [-0.4, -0.2) is 15.0 Å². The lowest BCUT2D eigenvalue weighted by molar-refractivity contribution is 0.332. The van der Waals surface area contributed by atoms with Gasteiger partial charge in [-0.15, -0.1) is 0 Å². The second-order valence-corrected chi connectivity index (χ2v) is 19.2. The fourth-order valence-electron chi connectivity index (χ4n) is 10.2. The van der Waals surface area contributed by atoms with Crippen LogP contribution in [0.4, 0.5) is 4.39 Å². The second kappa shape index (κ2) is 15.2. The van der Waals surface area contributed by atoms with Crippen LogP contribution in [0.3, 0.4) is 0 Å². The van der Waals surface area contributed by atoms with Crippen LogP contribution in [-0.2, 0) is 10.8 Å². The summed E-state index contributed by atoms with van der Waals surface area (Å²) in [6.07, 6.45) is 2.31. The monoisotopic (exact) mass is 855 g/mol. The van der Waals surface area contributed by atoms with Gasteiger partial charge in [-0.2, -0.15) is 0 Å². The summed E-state index contributed by atoms with van der Waals surface area (Å²) in [7, 11) is 0. The Morgan fingerprint density at radius 1 is 0.394 bits per heavy atom. The molecule has 0 unspecified atom stereocenters. The van der Waals surface area contributed by atoms with Gasteiger partial charge in [-0.3, -0.25) is 0 Å². The van der Waals surface area contributed by atoms with Gasteiger partial charge < -0.3 is 4.42 Å². The molecular weight excluding hydrogens is 810 g/mol. The summed E-state index contributed by atoms with van der Waals surface area (Å²) >= 11 is 0. The number of benzene rings is 9. The van der Waals surface area contributed by atoms with Gasteiger partial charge in [0.25, 0.3) is 0 Å². The van der Waals surface area contributed by atoms with Crippen LogP contribution in [0, 0.1) is 5.82 Å². The zero-order valence-electron chi connectivity index (χ0n) is 37.4. The summed E-state index contributed by atoms with van der Waals surface area (Å²) in [6.45, 7) is 9.53. The Morgan fingerprint density at radius 2 is 0.955 bits per heavy atom. The molecule has 4 nitrogen and oxygen atoms in total. The zero-order valence-corrected chi connectivity index (χ0v) is 37.4. The van der Waals surface area contributed by atoms with Gasteiger partial charge in [-0.1, -0.05) is 167 Å². The largest absolute Gasteiger partial charge is 0.455 e. The molecule has 0 aliphatic heterocycles. The molecule has 0 fully saturated rings. The molecule has 66 heavy (non-hydrogen) atoms. The van der Waals surface area contributed by atoms with E-state index in [0.29, 0.717) is 17.5 Å². The third-order valence-electron chi connectivity index (χ3n) is 14.1. The predicted molar refractivity (Wildman–Crippen MR) is 270 cm³/mol. The molecule has 1 aliphatic rings. The number of hydrogen-bond acceptors (Lipinski definition) is 4. The van der Waals surface area contributed by atoms with Gasteiger partial charge in [0.2, 0.25) is 0 Å². The van der Waals surface area contributed by atoms with Crippen molar-refractivity contribution in [3.05, 3.63) is 199 Å². The molecule has 2 heterocycles. The molecular formula is C61H46FN3O. The molecule has 1 aliphatic carbocycles. The van der Waals surface area contributed by atoms with Crippen LogP contribution in [0.5, 0.6) is 0 Å². The minimum atomic E-state index is -0.258. The summed E-state index contributed by atoms with van der Waals surface area (Å²) in [5.41, 5.74) is 13.9. The van der Waals surface area contributed by atoms with Crippen LogP contribution < -0.4 is 0 Å². The number of aromatic nitrogens is 3. The lowest BCUT2D eigenvalue weighted by Crippen LogP contribution is -2.33. The first-order valence-electron chi connectivity index (χ1n) is 22.8. The van der Waals surface area contributed by atoms with Crippen molar-refractivity contribution in [2.45, 2.75) is 51.4 Å². The Morgan fingerprint density at radius 3 is 1.71 bits per heavy atom. The van der Waals surface area contributed by atoms with E-state index in [9.17, 15) is 4.39 Å². The van der Waals surface area contributed by atoms with Crippen LogP contribution in [0.1, 0.15) is 51.7 Å². The van der Waals surface area contributed by atoms with Crippen molar-refractivity contribution in [3.63, 3.8) is 0 Å². The Hall–Kier alpha value is -7.76. The first kappa shape index (κ1) is 39.8. The average molecular weight is 856 g/mol. The maximum atomic E-state index is 13.8. The van der Waals surface area contributed by atoms with Crippen molar-refractivity contribution >= 4 is 43.5 Å². The molecule has 0 saturated carbocycles. The fourth-order valence-corrected chi connectivity index (χ4v) is 10.2. The van der Waals surface area contributed by atoms with E-state index < -0.39 is 0 Å². The first-order valence-corrected chi connectivity index (χ1v) is 22.8. The Balaban J connectivity index is 1.03. The molecule has 0 N–H and O–H groups in total. The van der Waals surface area contributed by atoms with E-state index in [1.165, 1.54) is 29.7 Å². The topological polar surface area (TPSA) is 51.8 Å². The number of rotatable bonds is 6. The fraction of sp³-hybridized carbons (Fsp3) is 0.131. The third kappa shape index (κ3) is 6.77. The molecule has 9 aromatic carbocycles. The van der Waals surface area contributed by atoms with Gasteiger partial charge >= 0.3 is 0 Å². The summed E-state index contributed by atoms with van der Waals surface area (Å²) in [6, 6.07) is 62.4. The van der Waals surface area contributed by atoms with Crippen LogP contribution >= 0.6 is 0 Å². The normalized spacial score (nSPS) is 14.3. The average Bonchev–Trinajstić information content (AvgIpc) is 3.73. The highest BCUT2D eigenvalue weighted by Crippen LogP contribution is 2.49. The summed E-state index contributed by atoms with van der Waals surface area (Å²) in [5.74, 6) is 1.49. The SMILES string of the molecule is CC1(C)CCC(C)(C)c2cc(-c3cc(-c4ccc(-c5nc(-c6ccc(-c7ccc(F)cc7)cc6)nc(-c6ccc7ccccc7c6)n5)c5ccccc45)cc4c3oc3ccccc34)ccc21. The van der Waals surface area contributed by atoms with E-state index in [0.717, 1.165) is 100.0 Å². The summed E-state index contributed by atoms with van der Waals surface area (Å²) < 4.78 is 20.5. The maximum Gasteiger partial charge on any atom is 0.164 e. The Kier molecular flexibility index (Phi) is 9.15. The highest BCUT2D eigenvalue weighted by Gasteiger charge is 2.37. The first-order chi connectivity index (χ1) is 32.1. The minimum absolute atomic E-state index is 0.0635. The highest BCUT2D eigenvalue weighted by atomic mass is 19.1. The van der Waals surface area contributed by atoms with Crippen molar-refractivity contribution in [2.75, 3.05) is 0 Å². The van der Waals surface area contributed by atoms with Gasteiger partial charge in [0.05, 0.1) is 0 Å². The zero-order chi connectivity index (χ0) is 44.7. The van der Waals surface area contributed by atoms with Crippen LogP contribution in [0.15, 0.2) is 186 Å². The molecule has 0 atom stereocenters. The van der Waals surface area contributed by atoms with Crippen LogP contribution in [0.2, 0.25) is 0 Å². The number of hydrogen-bond donors (Lipinski definition) is 0.